The first-order valence-electron chi connectivity index (χ1n) is 9.25. The van der Waals surface area contributed by atoms with Gasteiger partial charge in [0.05, 0.1) is 12.7 Å². The minimum Gasteiger partial charge on any atom is -0.457 e. The van der Waals surface area contributed by atoms with E-state index in [4.69, 9.17) is 14.2 Å². The number of benzene rings is 2. The number of urea groups is 1. The molecule has 0 spiro atoms. The van der Waals surface area contributed by atoms with Gasteiger partial charge in [-0.1, -0.05) is 18.2 Å². The summed E-state index contributed by atoms with van der Waals surface area (Å²) in [7, 11) is 1.68. The van der Waals surface area contributed by atoms with Crippen molar-refractivity contribution in [1.82, 2.24) is 5.32 Å². The molecule has 2 N–H and O–H groups in total. The molecule has 1 saturated heterocycles. The zero-order valence-electron chi connectivity index (χ0n) is 15.3. The summed E-state index contributed by atoms with van der Waals surface area (Å²) in [4.78, 5) is 12.4. The molecule has 1 aliphatic heterocycles. The standard InChI is InChI=1S/C21H24N2O4/c1-25-13-18-19(17-11-12-26-20(17)18)23-21(24)22-14-7-9-16(10-8-14)27-15-5-3-2-4-6-15/h2-10,17-20H,11-13H2,1H3,(H2,22,23,24)/t17-,18-,19-,20-/m0/s1. The number of methoxy groups -OCH3 is 1. The van der Waals surface area contributed by atoms with Crippen molar-refractivity contribution in [3.05, 3.63) is 54.6 Å². The van der Waals surface area contributed by atoms with Gasteiger partial charge in [-0.3, -0.25) is 0 Å². The molecule has 0 unspecified atom stereocenters. The van der Waals surface area contributed by atoms with Gasteiger partial charge in [0.2, 0.25) is 0 Å². The molecule has 4 atom stereocenters. The number of ether oxygens (including phenoxy) is 3. The summed E-state index contributed by atoms with van der Waals surface area (Å²) >= 11 is 0. The first-order chi connectivity index (χ1) is 13.2. The van der Waals surface area contributed by atoms with Gasteiger partial charge in [0.1, 0.15) is 11.5 Å². The van der Waals surface area contributed by atoms with Crippen molar-refractivity contribution in [1.29, 1.82) is 0 Å². The maximum absolute atomic E-state index is 12.4. The van der Waals surface area contributed by atoms with E-state index in [1.807, 2.05) is 54.6 Å². The lowest BCUT2D eigenvalue weighted by molar-refractivity contribution is -0.0798. The molecule has 0 radical (unpaired) electrons. The van der Waals surface area contributed by atoms with Crippen molar-refractivity contribution < 1.29 is 19.0 Å². The smallest absolute Gasteiger partial charge is 0.319 e. The number of para-hydroxylation sites is 1. The van der Waals surface area contributed by atoms with E-state index in [0.29, 0.717) is 12.5 Å². The molecule has 142 valence electrons. The molecule has 2 fully saturated rings. The number of fused-ring (bicyclic) bond motifs is 1. The largest absolute Gasteiger partial charge is 0.457 e. The molecule has 27 heavy (non-hydrogen) atoms. The second-order valence-corrected chi connectivity index (χ2v) is 6.97. The van der Waals surface area contributed by atoms with Crippen LogP contribution < -0.4 is 15.4 Å². The molecule has 6 nitrogen and oxygen atoms in total. The van der Waals surface area contributed by atoms with E-state index in [9.17, 15) is 4.79 Å². The Labute approximate surface area is 158 Å². The number of amides is 2. The number of carbonyl (C=O) groups is 1. The molecular formula is C21H24N2O4. The Balaban J connectivity index is 1.31. The Bertz CT molecular complexity index is 766. The van der Waals surface area contributed by atoms with Gasteiger partial charge < -0.3 is 24.8 Å². The number of hydrogen-bond donors (Lipinski definition) is 2. The van der Waals surface area contributed by atoms with E-state index in [-0.39, 0.29) is 24.1 Å². The maximum atomic E-state index is 12.4. The van der Waals surface area contributed by atoms with Gasteiger partial charge in [-0.2, -0.15) is 0 Å². The highest BCUT2D eigenvalue weighted by Gasteiger charge is 2.54. The van der Waals surface area contributed by atoms with Crippen molar-refractivity contribution in [2.75, 3.05) is 25.6 Å². The predicted molar refractivity (Wildman–Crippen MR) is 102 cm³/mol. The Hall–Kier alpha value is -2.57. The minimum absolute atomic E-state index is 0.0955. The van der Waals surface area contributed by atoms with Crippen molar-refractivity contribution >= 4 is 11.7 Å². The van der Waals surface area contributed by atoms with Crippen LogP contribution >= 0.6 is 0 Å². The van der Waals surface area contributed by atoms with Crippen LogP contribution in [0.4, 0.5) is 10.5 Å². The SMILES string of the molecule is COC[C@H]1[C@@H](NC(=O)Nc2ccc(Oc3ccccc3)cc2)[C@@H]2CCO[C@@H]21. The average Bonchev–Trinajstić information content (AvgIpc) is 3.11. The molecular weight excluding hydrogens is 344 g/mol. The molecule has 1 heterocycles. The quantitative estimate of drug-likeness (QED) is 0.817. The minimum atomic E-state index is -0.205. The number of rotatable bonds is 6. The van der Waals surface area contributed by atoms with Gasteiger partial charge in [0.15, 0.2) is 0 Å². The van der Waals surface area contributed by atoms with Crippen LogP contribution in [0, 0.1) is 11.8 Å². The van der Waals surface area contributed by atoms with Crippen molar-refractivity contribution in [2.24, 2.45) is 11.8 Å². The lowest BCUT2D eigenvalue weighted by atomic mass is 9.67. The Kier molecular flexibility index (Phi) is 5.27. The zero-order valence-corrected chi connectivity index (χ0v) is 15.3. The second kappa shape index (κ2) is 7.98. The maximum Gasteiger partial charge on any atom is 0.319 e. The highest BCUT2D eigenvalue weighted by molar-refractivity contribution is 5.89. The van der Waals surface area contributed by atoms with E-state index >= 15 is 0 Å². The van der Waals surface area contributed by atoms with Gasteiger partial charge in [0, 0.05) is 37.3 Å². The second-order valence-electron chi connectivity index (χ2n) is 6.97. The number of nitrogens with one attached hydrogen (secondary N) is 2. The molecule has 2 aromatic carbocycles. The van der Waals surface area contributed by atoms with Gasteiger partial charge in [-0.15, -0.1) is 0 Å². The topological polar surface area (TPSA) is 68.8 Å². The average molecular weight is 368 g/mol. The first kappa shape index (κ1) is 17.8. The lowest BCUT2D eigenvalue weighted by Gasteiger charge is -2.47. The van der Waals surface area contributed by atoms with E-state index in [2.05, 4.69) is 10.6 Å². The van der Waals surface area contributed by atoms with Crippen LogP contribution in [0.1, 0.15) is 6.42 Å². The van der Waals surface area contributed by atoms with E-state index in [0.717, 1.165) is 30.2 Å². The summed E-state index contributed by atoms with van der Waals surface area (Å²) in [5.41, 5.74) is 0.717. The van der Waals surface area contributed by atoms with Crippen LogP contribution in [0.3, 0.4) is 0 Å². The number of carbonyl (C=O) groups excluding carboxylic acids is 1. The molecule has 1 aliphatic carbocycles. The molecule has 4 rings (SSSR count). The third-order valence-electron chi connectivity index (χ3n) is 5.28. The summed E-state index contributed by atoms with van der Waals surface area (Å²) < 4.78 is 16.8. The summed E-state index contributed by atoms with van der Waals surface area (Å²) in [5, 5.41) is 5.97. The van der Waals surface area contributed by atoms with Crippen LogP contribution in [0.25, 0.3) is 0 Å². The zero-order chi connectivity index (χ0) is 18.6. The molecule has 6 heteroatoms. The van der Waals surface area contributed by atoms with Crippen LogP contribution in [0.5, 0.6) is 11.5 Å². The predicted octanol–water partition coefficient (Wildman–Crippen LogP) is 3.65. The highest BCUT2D eigenvalue weighted by Crippen LogP contribution is 2.43. The van der Waals surface area contributed by atoms with E-state index < -0.39 is 0 Å². The van der Waals surface area contributed by atoms with Gasteiger partial charge >= 0.3 is 6.03 Å². The molecule has 1 saturated carbocycles. The monoisotopic (exact) mass is 368 g/mol. The Morgan fingerprint density at radius 3 is 2.59 bits per heavy atom. The van der Waals surface area contributed by atoms with Crippen LogP contribution in [0.15, 0.2) is 54.6 Å². The fourth-order valence-electron chi connectivity index (χ4n) is 3.98. The summed E-state index contributed by atoms with van der Waals surface area (Å²) in [5.74, 6) is 2.10. The van der Waals surface area contributed by atoms with Crippen molar-refractivity contribution in [3.63, 3.8) is 0 Å². The summed E-state index contributed by atoms with van der Waals surface area (Å²) in [6, 6.07) is 16.8. The van der Waals surface area contributed by atoms with Crippen molar-refractivity contribution in [2.45, 2.75) is 18.6 Å². The van der Waals surface area contributed by atoms with Crippen molar-refractivity contribution in [3.8, 4) is 11.5 Å². The highest BCUT2D eigenvalue weighted by atomic mass is 16.5. The number of hydrogen-bond acceptors (Lipinski definition) is 4. The number of anilines is 1. The first-order valence-corrected chi connectivity index (χ1v) is 9.25. The summed E-state index contributed by atoms with van der Waals surface area (Å²) in [6.07, 6.45) is 1.20. The molecule has 2 aromatic rings. The van der Waals surface area contributed by atoms with Crippen LogP contribution in [0.2, 0.25) is 0 Å². The third kappa shape index (κ3) is 3.91. The van der Waals surface area contributed by atoms with Crippen LogP contribution in [-0.4, -0.2) is 38.5 Å². The van der Waals surface area contributed by atoms with E-state index in [1.165, 1.54) is 0 Å². The third-order valence-corrected chi connectivity index (χ3v) is 5.28. The summed E-state index contributed by atoms with van der Waals surface area (Å²) in [6.45, 7) is 1.36. The van der Waals surface area contributed by atoms with Gasteiger partial charge in [-0.25, -0.2) is 4.79 Å². The van der Waals surface area contributed by atoms with Gasteiger partial charge in [-0.05, 0) is 42.8 Å². The van der Waals surface area contributed by atoms with E-state index in [1.54, 1.807) is 7.11 Å². The normalized spacial score (nSPS) is 26.0. The Morgan fingerprint density at radius 2 is 1.85 bits per heavy atom. The fourth-order valence-corrected chi connectivity index (χ4v) is 3.98. The molecule has 2 amide bonds. The molecule has 0 bridgehead atoms. The molecule has 2 aliphatic rings. The van der Waals surface area contributed by atoms with Crippen LogP contribution in [-0.2, 0) is 9.47 Å². The molecule has 0 aromatic heterocycles. The fraction of sp³-hybridized carbons (Fsp3) is 0.381. The lowest BCUT2D eigenvalue weighted by Crippen LogP contribution is -2.63. The van der Waals surface area contributed by atoms with Gasteiger partial charge in [0.25, 0.3) is 0 Å². The Morgan fingerprint density at radius 1 is 1.11 bits per heavy atom.